The number of amides is 1. The standard InChI is InChI=1S/C5H7N3O2/c1-2-3-7-5(4(6)9)10-8-3/h2H2,1H3,(H2,6,9). The number of primary amides is 1. The minimum absolute atomic E-state index is 0.128. The number of carbonyl (C=O) groups is 1. The molecule has 5 heteroatoms. The molecule has 0 unspecified atom stereocenters. The lowest BCUT2D eigenvalue weighted by Gasteiger charge is -1.78. The van der Waals surface area contributed by atoms with Gasteiger partial charge in [0.1, 0.15) is 0 Å². The second-order valence-electron chi connectivity index (χ2n) is 1.73. The maximum atomic E-state index is 10.4. The molecule has 0 bridgehead atoms. The SMILES string of the molecule is CCc1noc(C(N)=O)n1. The van der Waals surface area contributed by atoms with Crippen molar-refractivity contribution in [1.82, 2.24) is 10.1 Å². The van der Waals surface area contributed by atoms with E-state index >= 15 is 0 Å². The summed E-state index contributed by atoms with van der Waals surface area (Å²) in [4.78, 5) is 14.0. The van der Waals surface area contributed by atoms with E-state index < -0.39 is 5.91 Å². The van der Waals surface area contributed by atoms with Crippen LogP contribution in [0, 0.1) is 0 Å². The van der Waals surface area contributed by atoms with Gasteiger partial charge in [-0.3, -0.25) is 4.79 Å². The molecule has 0 radical (unpaired) electrons. The summed E-state index contributed by atoms with van der Waals surface area (Å²) in [6.07, 6.45) is 0.636. The molecule has 2 N–H and O–H groups in total. The summed E-state index contributed by atoms with van der Waals surface area (Å²) in [5.74, 6) is -0.321. The number of hydrogen-bond donors (Lipinski definition) is 1. The van der Waals surface area contributed by atoms with E-state index in [1.165, 1.54) is 0 Å². The lowest BCUT2D eigenvalue weighted by atomic mass is 10.5. The van der Waals surface area contributed by atoms with Gasteiger partial charge in [0.25, 0.3) is 0 Å². The van der Waals surface area contributed by atoms with Gasteiger partial charge in [0.2, 0.25) is 0 Å². The molecule has 1 rings (SSSR count). The fourth-order valence-corrected chi connectivity index (χ4v) is 0.498. The zero-order valence-electron chi connectivity index (χ0n) is 5.50. The first-order chi connectivity index (χ1) is 4.74. The zero-order valence-corrected chi connectivity index (χ0v) is 5.50. The summed E-state index contributed by atoms with van der Waals surface area (Å²) in [5, 5.41) is 3.47. The summed E-state index contributed by atoms with van der Waals surface area (Å²) in [6.45, 7) is 1.86. The third-order valence-corrected chi connectivity index (χ3v) is 0.995. The molecule has 0 saturated heterocycles. The van der Waals surface area contributed by atoms with Gasteiger partial charge in [0.05, 0.1) is 0 Å². The van der Waals surface area contributed by atoms with Gasteiger partial charge in [-0.05, 0) is 0 Å². The summed E-state index contributed by atoms with van der Waals surface area (Å²) >= 11 is 0. The monoisotopic (exact) mass is 141 g/mol. The second kappa shape index (κ2) is 2.47. The Morgan fingerprint density at radius 3 is 2.80 bits per heavy atom. The lowest BCUT2D eigenvalue weighted by Crippen LogP contribution is -2.11. The highest BCUT2D eigenvalue weighted by molar-refractivity contribution is 5.87. The third-order valence-electron chi connectivity index (χ3n) is 0.995. The maximum absolute atomic E-state index is 10.4. The Morgan fingerprint density at radius 2 is 2.50 bits per heavy atom. The lowest BCUT2D eigenvalue weighted by molar-refractivity contribution is 0.0958. The first-order valence-electron chi connectivity index (χ1n) is 2.86. The molecule has 1 aromatic rings. The van der Waals surface area contributed by atoms with Gasteiger partial charge in [-0.1, -0.05) is 12.1 Å². The Bertz CT molecular complexity index is 243. The Morgan fingerprint density at radius 1 is 1.80 bits per heavy atom. The van der Waals surface area contributed by atoms with Crippen molar-refractivity contribution in [2.24, 2.45) is 5.73 Å². The van der Waals surface area contributed by atoms with Crippen LogP contribution in [0.1, 0.15) is 23.4 Å². The van der Waals surface area contributed by atoms with Crippen molar-refractivity contribution in [2.75, 3.05) is 0 Å². The first-order valence-corrected chi connectivity index (χ1v) is 2.86. The molecule has 0 aliphatic carbocycles. The van der Waals surface area contributed by atoms with Gasteiger partial charge in [0, 0.05) is 6.42 Å². The maximum Gasteiger partial charge on any atom is 0.315 e. The minimum Gasteiger partial charge on any atom is -0.361 e. The Labute approximate surface area is 57.2 Å². The van der Waals surface area contributed by atoms with E-state index in [1.807, 2.05) is 6.92 Å². The minimum atomic E-state index is -0.688. The number of nitrogens with two attached hydrogens (primary N) is 1. The Hall–Kier alpha value is -1.39. The quantitative estimate of drug-likeness (QED) is 0.614. The molecule has 0 saturated carbocycles. The van der Waals surface area contributed by atoms with Gasteiger partial charge < -0.3 is 10.3 Å². The van der Waals surface area contributed by atoms with Gasteiger partial charge in [0.15, 0.2) is 5.82 Å². The van der Waals surface area contributed by atoms with Crippen molar-refractivity contribution in [3.05, 3.63) is 11.7 Å². The predicted octanol–water partition coefficient (Wildman–Crippen LogP) is -0.269. The summed E-state index contributed by atoms with van der Waals surface area (Å²) < 4.78 is 4.48. The molecule has 10 heavy (non-hydrogen) atoms. The van der Waals surface area contributed by atoms with Gasteiger partial charge in [-0.2, -0.15) is 4.98 Å². The smallest absolute Gasteiger partial charge is 0.315 e. The first kappa shape index (κ1) is 6.73. The molecule has 0 aromatic carbocycles. The molecule has 0 aliphatic heterocycles. The number of rotatable bonds is 2. The highest BCUT2D eigenvalue weighted by Crippen LogP contribution is 1.95. The summed E-state index contributed by atoms with van der Waals surface area (Å²) in [7, 11) is 0. The van der Waals surface area contributed by atoms with Crippen LogP contribution in [0.15, 0.2) is 4.52 Å². The van der Waals surface area contributed by atoms with E-state index in [0.29, 0.717) is 12.2 Å². The molecule has 1 heterocycles. The average molecular weight is 141 g/mol. The topological polar surface area (TPSA) is 82.0 Å². The van der Waals surface area contributed by atoms with Gasteiger partial charge in [-0.25, -0.2) is 0 Å². The van der Waals surface area contributed by atoms with E-state index in [0.717, 1.165) is 0 Å². The van der Waals surface area contributed by atoms with Crippen molar-refractivity contribution >= 4 is 5.91 Å². The number of hydrogen-bond acceptors (Lipinski definition) is 4. The average Bonchev–Trinajstić information content (AvgIpc) is 2.34. The van der Waals surface area contributed by atoms with Crippen LogP contribution >= 0.6 is 0 Å². The van der Waals surface area contributed by atoms with Crippen LogP contribution in [-0.4, -0.2) is 16.0 Å². The van der Waals surface area contributed by atoms with Crippen LogP contribution in [-0.2, 0) is 6.42 Å². The van der Waals surface area contributed by atoms with Crippen LogP contribution < -0.4 is 5.73 Å². The van der Waals surface area contributed by atoms with Crippen molar-refractivity contribution in [2.45, 2.75) is 13.3 Å². The zero-order chi connectivity index (χ0) is 7.56. The van der Waals surface area contributed by atoms with Crippen LogP contribution in [0.2, 0.25) is 0 Å². The van der Waals surface area contributed by atoms with Crippen molar-refractivity contribution in [1.29, 1.82) is 0 Å². The molecular weight excluding hydrogens is 134 g/mol. The Balaban J connectivity index is 2.88. The van der Waals surface area contributed by atoms with Crippen LogP contribution in [0.25, 0.3) is 0 Å². The molecule has 0 fully saturated rings. The predicted molar refractivity (Wildman–Crippen MR) is 32.2 cm³/mol. The Kier molecular flexibility index (Phi) is 1.66. The molecule has 1 aromatic heterocycles. The number of nitrogens with zero attached hydrogens (tertiary/aromatic N) is 2. The highest BCUT2D eigenvalue weighted by Gasteiger charge is 2.08. The largest absolute Gasteiger partial charge is 0.361 e. The number of aromatic nitrogens is 2. The summed E-state index contributed by atoms with van der Waals surface area (Å²) in [5.41, 5.74) is 4.85. The molecular formula is C5H7N3O2. The van der Waals surface area contributed by atoms with Crippen LogP contribution in [0.5, 0.6) is 0 Å². The van der Waals surface area contributed by atoms with Crippen LogP contribution in [0.4, 0.5) is 0 Å². The summed E-state index contributed by atoms with van der Waals surface area (Å²) in [6, 6.07) is 0. The van der Waals surface area contributed by atoms with E-state index in [1.54, 1.807) is 0 Å². The van der Waals surface area contributed by atoms with E-state index in [4.69, 9.17) is 5.73 Å². The van der Waals surface area contributed by atoms with Gasteiger partial charge in [-0.15, -0.1) is 0 Å². The molecule has 5 nitrogen and oxygen atoms in total. The molecule has 0 atom stereocenters. The van der Waals surface area contributed by atoms with Crippen LogP contribution in [0.3, 0.4) is 0 Å². The van der Waals surface area contributed by atoms with E-state index in [-0.39, 0.29) is 5.89 Å². The van der Waals surface area contributed by atoms with Crippen molar-refractivity contribution in [3.8, 4) is 0 Å². The van der Waals surface area contributed by atoms with Crippen molar-refractivity contribution in [3.63, 3.8) is 0 Å². The van der Waals surface area contributed by atoms with E-state index in [2.05, 4.69) is 14.7 Å². The fourth-order valence-electron chi connectivity index (χ4n) is 0.498. The molecule has 0 aliphatic rings. The molecule has 1 amide bonds. The fraction of sp³-hybridized carbons (Fsp3) is 0.400. The number of carbonyl (C=O) groups excluding carboxylic acids is 1. The highest BCUT2D eigenvalue weighted by atomic mass is 16.5. The van der Waals surface area contributed by atoms with Gasteiger partial charge >= 0.3 is 11.8 Å². The van der Waals surface area contributed by atoms with E-state index in [9.17, 15) is 4.79 Å². The normalized spacial score (nSPS) is 9.70. The second-order valence-corrected chi connectivity index (χ2v) is 1.73. The molecule has 54 valence electrons. The third kappa shape index (κ3) is 1.12. The van der Waals surface area contributed by atoms with Crippen molar-refractivity contribution < 1.29 is 9.32 Å². The number of aryl methyl sites for hydroxylation is 1. The molecule has 0 spiro atoms.